The molecule has 1 heterocycles. The first-order chi connectivity index (χ1) is 6.27. The number of ketones is 1. The molecule has 1 aromatic rings. The molecule has 70 valence electrons. The van der Waals surface area contributed by atoms with Crippen molar-refractivity contribution in [3.05, 3.63) is 29.6 Å². The van der Waals surface area contributed by atoms with Crippen molar-refractivity contribution in [2.24, 2.45) is 0 Å². The van der Waals surface area contributed by atoms with Crippen molar-refractivity contribution in [1.29, 1.82) is 0 Å². The third-order valence-corrected chi connectivity index (χ3v) is 1.99. The highest BCUT2D eigenvalue weighted by molar-refractivity contribution is 5.95. The van der Waals surface area contributed by atoms with Crippen molar-refractivity contribution in [2.45, 2.75) is 33.1 Å². The summed E-state index contributed by atoms with van der Waals surface area (Å²) in [5.41, 5.74) is 1.77. The normalized spacial score (nSPS) is 10.0. The lowest BCUT2D eigenvalue weighted by Gasteiger charge is -1.99. The van der Waals surface area contributed by atoms with Crippen LogP contribution in [0, 0.1) is 0 Å². The average Bonchev–Trinajstić information content (AvgIpc) is 2.18. The zero-order valence-corrected chi connectivity index (χ0v) is 8.21. The zero-order chi connectivity index (χ0) is 9.68. The summed E-state index contributed by atoms with van der Waals surface area (Å²) in [6.07, 6.45) is 4.11. The summed E-state index contributed by atoms with van der Waals surface area (Å²) in [5.74, 6) is 0.192. The lowest BCUT2D eigenvalue weighted by Crippen LogP contribution is -1.99. The van der Waals surface area contributed by atoms with Gasteiger partial charge in [-0.05, 0) is 25.0 Å². The summed E-state index contributed by atoms with van der Waals surface area (Å²) in [6, 6.07) is 3.78. The Morgan fingerprint density at radius 1 is 1.38 bits per heavy atom. The third-order valence-electron chi connectivity index (χ3n) is 1.99. The van der Waals surface area contributed by atoms with Crippen LogP contribution in [0.25, 0.3) is 0 Å². The van der Waals surface area contributed by atoms with Crippen LogP contribution >= 0.6 is 0 Å². The van der Waals surface area contributed by atoms with E-state index in [0.29, 0.717) is 6.42 Å². The first-order valence-corrected chi connectivity index (χ1v) is 4.76. The summed E-state index contributed by atoms with van der Waals surface area (Å²) in [4.78, 5) is 15.6. The molecule has 0 saturated carbocycles. The molecule has 0 spiro atoms. The van der Waals surface area contributed by atoms with Crippen LogP contribution in [-0.2, 0) is 6.42 Å². The predicted molar refractivity (Wildman–Crippen MR) is 52.9 cm³/mol. The molecule has 0 unspecified atom stereocenters. The fourth-order valence-electron chi connectivity index (χ4n) is 1.17. The van der Waals surface area contributed by atoms with Gasteiger partial charge in [0.15, 0.2) is 5.78 Å². The van der Waals surface area contributed by atoms with E-state index >= 15 is 0 Å². The second-order valence-electron chi connectivity index (χ2n) is 3.06. The topological polar surface area (TPSA) is 30.0 Å². The molecule has 0 amide bonds. The Kier molecular flexibility index (Phi) is 3.62. The van der Waals surface area contributed by atoms with Gasteiger partial charge in [-0.3, -0.25) is 9.78 Å². The Hall–Kier alpha value is -1.18. The second-order valence-corrected chi connectivity index (χ2v) is 3.06. The Morgan fingerprint density at radius 3 is 2.62 bits per heavy atom. The highest BCUT2D eigenvalue weighted by Crippen LogP contribution is 2.05. The van der Waals surface area contributed by atoms with Crippen LogP contribution < -0.4 is 0 Å². The summed E-state index contributed by atoms with van der Waals surface area (Å²) >= 11 is 0. The minimum atomic E-state index is 0.192. The monoisotopic (exact) mass is 177 g/mol. The Balaban J connectivity index is 2.74. The van der Waals surface area contributed by atoms with Gasteiger partial charge in [0.05, 0.1) is 0 Å². The fraction of sp³-hybridized carbons (Fsp3) is 0.455. The fourth-order valence-corrected chi connectivity index (χ4v) is 1.17. The Morgan fingerprint density at radius 2 is 2.15 bits per heavy atom. The number of hydrogen-bond donors (Lipinski definition) is 0. The summed E-state index contributed by atoms with van der Waals surface area (Å²) in [6.45, 7) is 4.06. The number of hydrogen-bond acceptors (Lipinski definition) is 2. The Labute approximate surface area is 79.0 Å². The Bertz CT molecular complexity index is 277. The molecule has 0 aliphatic heterocycles. The van der Waals surface area contributed by atoms with E-state index in [1.807, 2.05) is 19.1 Å². The van der Waals surface area contributed by atoms with Crippen LogP contribution in [0.1, 0.15) is 42.7 Å². The molecule has 0 fully saturated rings. The smallest absolute Gasteiger partial charge is 0.164 e. The van der Waals surface area contributed by atoms with Crippen molar-refractivity contribution in [2.75, 3.05) is 0 Å². The SMILES string of the molecule is CCCC(=O)c1ccc(CC)nc1. The molecule has 0 saturated heterocycles. The summed E-state index contributed by atoms with van der Waals surface area (Å²) in [7, 11) is 0. The third kappa shape index (κ3) is 2.65. The van der Waals surface area contributed by atoms with Gasteiger partial charge in [-0.1, -0.05) is 13.8 Å². The number of nitrogens with zero attached hydrogens (tertiary/aromatic N) is 1. The second kappa shape index (κ2) is 4.75. The molecule has 1 aromatic heterocycles. The van der Waals surface area contributed by atoms with Gasteiger partial charge in [-0.2, -0.15) is 0 Å². The number of carbonyl (C=O) groups excluding carboxylic acids is 1. The number of carbonyl (C=O) groups is 1. The van der Waals surface area contributed by atoms with Gasteiger partial charge in [0, 0.05) is 23.9 Å². The minimum absolute atomic E-state index is 0.192. The number of aryl methyl sites for hydroxylation is 1. The number of pyridine rings is 1. The lowest BCUT2D eigenvalue weighted by atomic mass is 10.1. The molecule has 0 aromatic carbocycles. The maximum atomic E-state index is 11.4. The van der Waals surface area contributed by atoms with E-state index in [0.717, 1.165) is 24.1 Å². The van der Waals surface area contributed by atoms with E-state index in [9.17, 15) is 4.79 Å². The highest BCUT2D eigenvalue weighted by atomic mass is 16.1. The summed E-state index contributed by atoms with van der Waals surface area (Å²) < 4.78 is 0. The molecule has 0 atom stereocenters. The van der Waals surface area contributed by atoms with E-state index in [1.165, 1.54) is 0 Å². The molecule has 0 radical (unpaired) electrons. The largest absolute Gasteiger partial charge is 0.294 e. The van der Waals surface area contributed by atoms with Gasteiger partial charge in [-0.15, -0.1) is 0 Å². The van der Waals surface area contributed by atoms with Gasteiger partial charge < -0.3 is 0 Å². The standard InChI is InChI=1S/C11H15NO/c1-3-5-11(13)9-6-7-10(4-2)12-8-9/h6-8H,3-5H2,1-2H3. The van der Waals surface area contributed by atoms with Crippen LogP contribution in [-0.4, -0.2) is 10.8 Å². The van der Waals surface area contributed by atoms with Crippen LogP contribution in [0.4, 0.5) is 0 Å². The van der Waals surface area contributed by atoms with Gasteiger partial charge >= 0.3 is 0 Å². The van der Waals surface area contributed by atoms with Crippen molar-refractivity contribution >= 4 is 5.78 Å². The van der Waals surface area contributed by atoms with E-state index in [1.54, 1.807) is 6.20 Å². The minimum Gasteiger partial charge on any atom is -0.294 e. The van der Waals surface area contributed by atoms with Gasteiger partial charge in [0.1, 0.15) is 0 Å². The predicted octanol–water partition coefficient (Wildman–Crippen LogP) is 2.63. The molecular weight excluding hydrogens is 162 g/mol. The summed E-state index contributed by atoms with van der Waals surface area (Å²) in [5, 5.41) is 0. The molecule has 1 rings (SSSR count). The van der Waals surface area contributed by atoms with Crippen LogP contribution in [0.5, 0.6) is 0 Å². The molecule has 2 heteroatoms. The number of aromatic nitrogens is 1. The van der Waals surface area contributed by atoms with Crippen molar-refractivity contribution in [3.8, 4) is 0 Å². The highest BCUT2D eigenvalue weighted by Gasteiger charge is 2.03. The molecule has 2 nitrogen and oxygen atoms in total. The molecular formula is C11H15NO. The van der Waals surface area contributed by atoms with Gasteiger partial charge in [-0.25, -0.2) is 0 Å². The first kappa shape index (κ1) is 9.90. The van der Waals surface area contributed by atoms with Gasteiger partial charge in [0.2, 0.25) is 0 Å². The van der Waals surface area contributed by atoms with Crippen LogP contribution in [0.2, 0.25) is 0 Å². The van der Waals surface area contributed by atoms with E-state index in [4.69, 9.17) is 0 Å². The number of Topliss-reactive ketones (excluding diaryl/α,β-unsaturated/α-hetero) is 1. The molecule has 0 bridgehead atoms. The number of rotatable bonds is 4. The quantitative estimate of drug-likeness (QED) is 0.662. The van der Waals surface area contributed by atoms with E-state index in [-0.39, 0.29) is 5.78 Å². The van der Waals surface area contributed by atoms with Crippen molar-refractivity contribution in [1.82, 2.24) is 4.98 Å². The molecule has 13 heavy (non-hydrogen) atoms. The molecule has 0 N–H and O–H groups in total. The van der Waals surface area contributed by atoms with Gasteiger partial charge in [0.25, 0.3) is 0 Å². The van der Waals surface area contributed by atoms with Crippen LogP contribution in [0.3, 0.4) is 0 Å². The first-order valence-electron chi connectivity index (χ1n) is 4.76. The van der Waals surface area contributed by atoms with E-state index < -0.39 is 0 Å². The maximum absolute atomic E-state index is 11.4. The van der Waals surface area contributed by atoms with E-state index in [2.05, 4.69) is 11.9 Å². The lowest BCUT2D eigenvalue weighted by molar-refractivity contribution is 0.0981. The average molecular weight is 177 g/mol. The van der Waals surface area contributed by atoms with Crippen LogP contribution in [0.15, 0.2) is 18.3 Å². The van der Waals surface area contributed by atoms with Crippen molar-refractivity contribution in [3.63, 3.8) is 0 Å². The molecule has 0 aliphatic rings. The zero-order valence-electron chi connectivity index (χ0n) is 8.21. The molecule has 0 aliphatic carbocycles. The maximum Gasteiger partial charge on any atom is 0.164 e. The van der Waals surface area contributed by atoms with Crippen molar-refractivity contribution < 1.29 is 4.79 Å².